The first-order chi connectivity index (χ1) is 12.0. The summed E-state index contributed by atoms with van der Waals surface area (Å²) in [5, 5.41) is 12.9. The predicted molar refractivity (Wildman–Crippen MR) is 97.5 cm³/mol. The smallest absolute Gasteiger partial charge is 0.407 e. The molecule has 0 aliphatic carbocycles. The molecule has 1 atom stereocenters. The number of fused-ring (bicyclic) bond motifs is 1. The van der Waals surface area contributed by atoms with Crippen molar-refractivity contribution in [3.8, 4) is 0 Å². The summed E-state index contributed by atoms with van der Waals surface area (Å²) in [6.45, 7) is 9.38. The second kappa shape index (κ2) is 7.49. The van der Waals surface area contributed by atoms with Crippen LogP contribution in [0, 0.1) is 5.92 Å². The molecule has 0 unspecified atom stereocenters. The largest absolute Gasteiger partial charge is 0.477 e. The molecule has 142 valence electrons. The third kappa shape index (κ3) is 4.85. The number of carboxylic acids is 1. The molecule has 26 heavy (non-hydrogen) atoms. The highest BCUT2D eigenvalue weighted by Gasteiger charge is 2.25. The van der Waals surface area contributed by atoms with E-state index < -0.39 is 17.7 Å². The van der Waals surface area contributed by atoms with Crippen molar-refractivity contribution in [1.29, 1.82) is 0 Å². The number of rotatable bonds is 5. The first-order valence-corrected chi connectivity index (χ1v) is 8.60. The standard InChI is InChI=1S/C17H23ClN4O4/c1-9(2)11(20-16(25)26-17(3,4)5)8-22-12(14(23)24)6-10-7-19-15(18)21-13(10)22/h6-7,9,11H,8H2,1-5H3,(H,20,25)(H,23,24)/t11-/m0/s1. The van der Waals surface area contributed by atoms with Gasteiger partial charge in [-0.15, -0.1) is 0 Å². The number of ether oxygens (including phenoxy) is 1. The Kier molecular flexibility index (Phi) is 5.75. The van der Waals surface area contributed by atoms with Crippen LogP contribution in [-0.2, 0) is 11.3 Å². The van der Waals surface area contributed by atoms with Crippen LogP contribution in [-0.4, -0.2) is 43.3 Å². The van der Waals surface area contributed by atoms with Crippen LogP contribution in [0.15, 0.2) is 12.3 Å². The molecule has 0 radical (unpaired) electrons. The van der Waals surface area contributed by atoms with Crippen molar-refractivity contribution in [2.45, 2.75) is 52.8 Å². The van der Waals surface area contributed by atoms with Crippen LogP contribution >= 0.6 is 11.6 Å². The Hall–Kier alpha value is -2.35. The lowest BCUT2D eigenvalue weighted by atomic mass is 10.0. The fraction of sp³-hybridized carbons (Fsp3) is 0.529. The Labute approximate surface area is 156 Å². The number of halogens is 1. The van der Waals surface area contributed by atoms with E-state index in [9.17, 15) is 14.7 Å². The Morgan fingerprint density at radius 1 is 1.38 bits per heavy atom. The molecule has 2 aromatic rings. The normalized spacial score (nSPS) is 13.0. The van der Waals surface area contributed by atoms with E-state index in [2.05, 4.69) is 15.3 Å². The van der Waals surface area contributed by atoms with Crippen LogP contribution in [0.1, 0.15) is 45.1 Å². The minimum absolute atomic E-state index is 0.0231. The monoisotopic (exact) mass is 382 g/mol. The van der Waals surface area contributed by atoms with Gasteiger partial charge in [0.1, 0.15) is 16.9 Å². The van der Waals surface area contributed by atoms with Gasteiger partial charge in [-0.3, -0.25) is 0 Å². The van der Waals surface area contributed by atoms with Crippen molar-refractivity contribution in [3.05, 3.63) is 23.2 Å². The molecule has 8 nitrogen and oxygen atoms in total. The molecular formula is C17H23ClN4O4. The lowest BCUT2D eigenvalue weighted by molar-refractivity contribution is 0.0484. The zero-order valence-corrected chi connectivity index (χ0v) is 16.2. The van der Waals surface area contributed by atoms with Gasteiger partial charge in [0, 0.05) is 18.1 Å². The van der Waals surface area contributed by atoms with E-state index in [1.54, 1.807) is 20.8 Å². The van der Waals surface area contributed by atoms with Crippen molar-refractivity contribution < 1.29 is 19.4 Å². The minimum Gasteiger partial charge on any atom is -0.477 e. The summed E-state index contributed by atoms with van der Waals surface area (Å²) in [5.41, 5.74) is -0.175. The van der Waals surface area contributed by atoms with E-state index in [4.69, 9.17) is 16.3 Å². The van der Waals surface area contributed by atoms with Crippen LogP contribution in [0.25, 0.3) is 11.0 Å². The molecule has 0 aliphatic heterocycles. The molecule has 0 saturated heterocycles. The molecule has 0 aromatic carbocycles. The molecule has 0 fully saturated rings. The molecule has 2 rings (SSSR count). The molecule has 1 amide bonds. The summed E-state index contributed by atoms with van der Waals surface area (Å²) >= 11 is 5.86. The number of hydrogen-bond acceptors (Lipinski definition) is 5. The summed E-state index contributed by atoms with van der Waals surface area (Å²) in [7, 11) is 0. The number of aromatic nitrogens is 3. The molecule has 2 N–H and O–H groups in total. The molecule has 0 bridgehead atoms. The first-order valence-electron chi connectivity index (χ1n) is 8.22. The Bertz CT molecular complexity index is 826. The molecular weight excluding hydrogens is 360 g/mol. The lowest BCUT2D eigenvalue weighted by Crippen LogP contribution is -2.44. The second-order valence-corrected chi connectivity index (χ2v) is 7.70. The average Bonchev–Trinajstić information content (AvgIpc) is 2.82. The zero-order valence-electron chi connectivity index (χ0n) is 15.4. The summed E-state index contributed by atoms with van der Waals surface area (Å²) in [6, 6.07) is 1.12. The summed E-state index contributed by atoms with van der Waals surface area (Å²) in [5.74, 6) is -1.07. The van der Waals surface area contributed by atoms with Gasteiger partial charge in [0.05, 0.1) is 6.04 Å². The lowest BCUT2D eigenvalue weighted by Gasteiger charge is -2.26. The highest BCUT2D eigenvalue weighted by Crippen LogP contribution is 2.21. The minimum atomic E-state index is -1.10. The maximum absolute atomic E-state index is 12.1. The van der Waals surface area contributed by atoms with Crippen LogP contribution in [0.3, 0.4) is 0 Å². The van der Waals surface area contributed by atoms with Crippen molar-refractivity contribution in [3.63, 3.8) is 0 Å². The highest BCUT2D eigenvalue weighted by atomic mass is 35.5. The Morgan fingerprint density at radius 2 is 2.04 bits per heavy atom. The number of carboxylic acid groups (broad SMARTS) is 1. The number of nitrogens with zero attached hydrogens (tertiary/aromatic N) is 3. The number of hydrogen-bond donors (Lipinski definition) is 2. The molecule has 0 aliphatic rings. The van der Waals surface area contributed by atoms with E-state index in [1.165, 1.54) is 16.8 Å². The van der Waals surface area contributed by atoms with Gasteiger partial charge in [-0.1, -0.05) is 13.8 Å². The summed E-state index contributed by atoms with van der Waals surface area (Å²) < 4.78 is 6.82. The Balaban J connectivity index is 2.36. The fourth-order valence-corrected chi connectivity index (χ4v) is 2.59. The van der Waals surface area contributed by atoms with Gasteiger partial charge in [0.15, 0.2) is 0 Å². The third-order valence-corrected chi connectivity index (χ3v) is 3.89. The molecule has 2 heterocycles. The van der Waals surface area contributed by atoms with Gasteiger partial charge in [0.25, 0.3) is 0 Å². The van der Waals surface area contributed by atoms with Gasteiger partial charge < -0.3 is 19.7 Å². The summed E-state index contributed by atoms with van der Waals surface area (Å²) in [4.78, 5) is 31.8. The van der Waals surface area contributed by atoms with Crippen molar-refractivity contribution in [2.75, 3.05) is 0 Å². The zero-order chi connectivity index (χ0) is 19.6. The number of nitrogens with one attached hydrogen (secondary N) is 1. The SMILES string of the molecule is CC(C)[C@H](Cn1c(C(=O)O)cc2cnc(Cl)nc21)NC(=O)OC(C)(C)C. The summed E-state index contributed by atoms with van der Waals surface area (Å²) in [6.07, 6.45) is 0.913. The van der Waals surface area contributed by atoms with Crippen LogP contribution in [0.2, 0.25) is 5.28 Å². The van der Waals surface area contributed by atoms with Crippen molar-refractivity contribution >= 4 is 34.7 Å². The van der Waals surface area contributed by atoms with E-state index >= 15 is 0 Å². The average molecular weight is 383 g/mol. The van der Waals surface area contributed by atoms with Crippen LogP contribution < -0.4 is 5.32 Å². The molecule has 2 aromatic heterocycles. The van der Waals surface area contributed by atoms with Crippen LogP contribution in [0.4, 0.5) is 4.79 Å². The maximum atomic E-state index is 12.1. The fourth-order valence-electron chi connectivity index (χ4n) is 2.46. The second-order valence-electron chi connectivity index (χ2n) is 7.36. The molecule has 0 spiro atoms. The van der Waals surface area contributed by atoms with E-state index in [0.29, 0.717) is 11.0 Å². The predicted octanol–water partition coefficient (Wildman–Crippen LogP) is 3.33. The third-order valence-electron chi connectivity index (χ3n) is 3.71. The van der Waals surface area contributed by atoms with Gasteiger partial charge in [-0.05, 0) is 44.4 Å². The Morgan fingerprint density at radius 3 is 2.58 bits per heavy atom. The maximum Gasteiger partial charge on any atom is 0.407 e. The van der Waals surface area contributed by atoms with E-state index in [-0.39, 0.29) is 29.5 Å². The highest BCUT2D eigenvalue weighted by molar-refractivity contribution is 6.28. The topological polar surface area (TPSA) is 106 Å². The number of alkyl carbamates (subject to hydrolysis) is 1. The van der Waals surface area contributed by atoms with Gasteiger partial charge in [-0.25, -0.2) is 14.6 Å². The van der Waals surface area contributed by atoms with Gasteiger partial charge in [-0.2, -0.15) is 4.98 Å². The van der Waals surface area contributed by atoms with E-state index in [0.717, 1.165) is 0 Å². The van der Waals surface area contributed by atoms with E-state index in [1.807, 2.05) is 13.8 Å². The van der Waals surface area contributed by atoms with Crippen LogP contribution in [0.5, 0.6) is 0 Å². The number of carbonyl (C=O) groups excluding carboxylic acids is 1. The number of amides is 1. The van der Waals surface area contributed by atoms with Crippen molar-refractivity contribution in [1.82, 2.24) is 19.9 Å². The number of carbonyl (C=O) groups is 2. The van der Waals surface area contributed by atoms with Gasteiger partial charge in [0.2, 0.25) is 5.28 Å². The first kappa shape index (κ1) is 20.0. The van der Waals surface area contributed by atoms with Gasteiger partial charge >= 0.3 is 12.1 Å². The molecule has 9 heteroatoms. The van der Waals surface area contributed by atoms with Crippen molar-refractivity contribution in [2.24, 2.45) is 5.92 Å². The quantitative estimate of drug-likeness (QED) is 0.768. The molecule has 0 saturated carbocycles. The number of aromatic carboxylic acids is 1.